The average Bonchev–Trinajstić information content (AvgIpc) is 2.96. The van der Waals surface area contributed by atoms with E-state index < -0.39 is 6.10 Å². The number of rotatable bonds is 5. The average molecular weight is 325 g/mol. The van der Waals surface area contributed by atoms with Crippen molar-refractivity contribution in [2.75, 3.05) is 6.61 Å². The fraction of sp³-hybridized carbons (Fsp3) is 0.350. The highest BCUT2D eigenvalue weighted by molar-refractivity contribution is 5.87. The molecule has 1 aliphatic rings. The Morgan fingerprint density at radius 1 is 1.00 bits per heavy atom. The molecule has 0 radical (unpaired) electrons. The third-order valence-electron chi connectivity index (χ3n) is 4.77. The summed E-state index contributed by atoms with van der Waals surface area (Å²) in [6.07, 6.45) is 0.555. The molecule has 0 unspecified atom stereocenters. The third-order valence-corrected chi connectivity index (χ3v) is 4.77. The second-order valence-corrected chi connectivity index (χ2v) is 6.44. The van der Waals surface area contributed by atoms with Gasteiger partial charge in [-0.25, -0.2) is 0 Å². The number of hydrogen-bond donors (Lipinski definition) is 3. The van der Waals surface area contributed by atoms with Crippen molar-refractivity contribution in [2.45, 2.75) is 30.9 Å². The normalized spacial score (nSPS) is 23.4. The molecular weight excluding hydrogens is 302 g/mol. The molecule has 1 amide bonds. The van der Waals surface area contributed by atoms with Crippen LogP contribution in [0.2, 0.25) is 0 Å². The first-order valence-corrected chi connectivity index (χ1v) is 8.38. The summed E-state index contributed by atoms with van der Waals surface area (Å²) in [6.45, 7) is -0.0473. The zero-order valence-electron chi connectivity index (χ0n) is 13.5. The lowest BCUT2D eigenvalue weighted by molar-refractivity contribution is -0.122. The summed E-state index contributed by atoms with van der Waals surface area (Å²) in [7, 11) is 0. The Balaban J connectivity index is 1.80. The quantitative estimate of drug-likeness (QED) is 0.788. The van der Waals surface area contributed by atoms with Gasteiger partial charge in [0.25, 0.3) is 0 Å². The van der Waals surface area contributed by atoms with E-state index in [-0.39, 0.29) is 30.4 Å². The second kappa shape index (κ2) is 7.60. The van der Waals surface area contributed by atoms with Crippen LogP contribution in [0.4, 0.5) is 0 Å². The van der Waals surface area contributed by atoms with E-state index in [1.165, 1.54) is 0 Å². The standard InChI is InChI=1S/C20H23NO3/c22-13-16-11-17(12-18(16)23)21-20(24)19(14-7-3-1-4-8-14)15-9-5-2-6-10-15/h1-10,16-19,22-23H,11-13H2,(H,21,24)/t16-,17+,18+/m1/s1. The van der Waals surface area contributed by atoms with Gasteiger partial charge in [0.2, 0.25) is 5.91 Å². The van der Waals surface area contributed by atoms with Crippen molar-refractivity contribution < 1.29 is 15.0 Å². The molecule has 2 aromatic rings. The number of carbonyl (C=O) groups excluding carboxylic acids is 1. The van der Waals surface area contributed by atoms with Crippen LogP contribution in [0.15, 0.2) is 60.7 Å². The van der Waals surface area contributed by atoms with Gasteiger partial charge in [-0.15, -0.1) is 0 Å². The topological polar surface area (TPSA) is 69.6 Å². The fourth-order valence-electron chi connectivity index (χ4n) is 3.49. The Hall–Kier alpha value is -2.17. The van der Waals surface area contributed by atoms with E-state index in [9.17, 15) is 15.0 Å². The fourth-order valence-corrected chi connectivity index (χ4v) is 3.49. The molecule has 1 aliphatic carbocycles. The van der Waals surface area contributed by atoms with Gasteiger partial charge in [0.05, 0.1) is 12.0 Å². The molecule has 3 N–H and O–H groups in total. The van der Waals surface area contributed by atoms with E-state index in [0.29, 0.717) is 12.8 Å². The predicted octanol–water partition coefficient (Wildman–Crippen LogP) is 2.07. The third kappa shape index (κ3) is 3.66. The molecule has 4 nitrogen and oxygen atoms in total. The van der Waals surface area contributed by atoms with Gasteiger partial charge in [0.15, 0.2) is 0 Å². The van der Waals surface area contributed by atoms with Crippen LogP contribution in [0.3, 0.4) is 0 Å². The minimum atomic E-state index is -0.549. The predicted molar refractivity (Wildman–Crippen MR) is 92.5 cm³/mol. The lowest BCUT2D eigenvalue weighted by Crippen LogP contribution is -2.37. The van der Waals surface area contributed by atoms with Gasteiger partial charge in [0, 0.05) is 18.6 Å². The number of aliphatic hydroxyl groups excluding tert-OH is 2. The van der Waals surface area contributed by atoms with Crippen LogP contribution in [0, 0.1) is 5.92 Å². The van der Waals surface area contributed by atoms with Gasteiger partial charge in [-0.1, -0.05) is 60.7 Å². The molecule has 0 bridgehead atoms. The molecule has 1 saturated carbocycles. The Morgan fingerprint density at radius 3 is 2.00 bits per heavy atom. The van der Waals surface area contributed by atoms with Gasteiger partial charge in [0.1, 0.15) is 0 Å². The molecule has 3 atom stereocenters. The molecule has 0 heterocycles. The van der Waals surface area contributed by atoms with Crippen molar-refractivity contribution in [3.8, 4) is 0 Å². The molecule has 126 valence electrons. The number of aliphatic hydroxyl groups is 2. The summed E-state index contributed by atoms with van der Waals surface area (Å²) in [6, 6.07) is 19.3. The first kappa shape index (κ1) is 16.7. The maximum atomic E-state index is 12.9. The Labute approximate surface area is 142 Å². The number of hydrogen-bond acceptors (Lipinski definition) is 3. The van der Waals surface area contributed by atoms with Gasteiger partial charge >= 0.3 is 0 Å². The van der Waals surface area contributed by atoms with Crippen LogP contribution in [0.5, 0.6) is 0 Å². The van der Waals surface area contributed by atoms with Crippen LogP contribution < -0.4 is 5.32 Å². The summed E-state index contributed by atoms with van der Waals surface area (Å²) >= 11 is 0. The van der Waals surface area contributed by atoms with Crippen molar-refractivity contribution in [1.29, 1.82) is 0 Å². The largest absolute Gasteiger partial charge is 0.396 e. The highest BCUT2D eigenvalue weighted by Gasteiger charge is 2.34. The lowest BCUT2D eigenvalue weighted by atomic mass is 9.90. The zero-order valence-corrected chi connectivity index (χ0v) is 13.5. The molecule has 0 saturated heterocycles. The number of benzene rings is 2. The molecule has 0 aromatic heterocycles. The zero-order chi connectivity index (χ0) is 16.9. The molecule has 3 rings (SSSR count). The second-order valence-electron chi connectivity index (χ2n) is 6.44. The summed E-state index contributed by atoms with van der Waals surface area (Å²) in [5.41, 5.74) is 1.89. The van der Waals surface area contributed by atoms with Crippen molar-refractivity contribution in [3.05, 3.63) is 71.8 Å². The lowest BCUT2D eigenvalue weighted by Gasteiger charge is -2.21. The van der Waals surface area contributed by atoms with Crippen molar-refractivity contribution >= 4 is 5.91 Å². The monoisotopic (exact) mass is 325 g/mol. The number of amides is 1. The van der Waals surface area contributed by atoms with Crippen molar-refractivity contribution in [2.24, 2.45) is 5.92 Å². The first-order chi connectivity index (χ1) is 11.7. The summed E-state index contributed by atoms with van der Waals surface area (Å²) in [5.74, 6) is -0.594. The molecule has 2 aromatic carbocycles. The summed E-state index contributed by atoms with van der Waals surface area (Å²) < 4.78 is 0. The van der Waals surface area contributed by atoms with Crippen LogP contribution in [0.25, 0.3) is 0 Å². The molecule has 4 heteroatoms. The van der Waals surface area contributed by atoms with E-state index >= 15 is 0 Å². The van der Waals surface area contributed by atoms with E-state index in [1.807, 2.05) is 60.7 Å². The molecule has 0 spiro atoms. The van der Waals surface area contributed by atoms with Crippen LogP contribution in [-0.2, 0) is 4.79 Å². The van der Waals surface area contributed by atoms with Gasteiger partial charge in [-0.05, 0) is 24.0 Å². The smallest absolute Gasteiger partial charge is 0.232 e. The summed E-state index contributed by atoms with van der Waals surface area (Å²) in [4.78, 5) is 12.9. The van der Waals surface area contributed by atoms with E-state index in [2.05, 4.69) is 5.32 Å². The highest BCUT2D eigenvalue weighted by Crippen LogP contribution is 2.29. The van der Waals surface area contributed by atoms with Crippen LogP contribution in [-0.4, -0.2) is 34.9 Å². The van der Waals surface area contributed by atoms with Crippen molar-refractivity contribution in [1.82, 2.24) is 5.32 Å². The molecule has 0 aliphatic heterocycles. The summed E-state index contributed by atoms with van der Waals surface area (Å²) in [5, 5.41) is 22.3. The SMILES string of the molecule is O=C(N[C@H]1C[C@H](CO)[C@@H](O)C1)C(c1ccccc1)c1ccccc1. The minimum Gasteiger partial charge on any atom is -0.396 e. The number of nitrogens with one attached hydrogen (secondary N) is 1. The van der Waals surface area contributed by atoms with Crippen molar-refractivity contribution in [3.63, 3.8) is 0 Å². The molecule has 1 fully saturated rings. The maximum absolute atomic E-state index is 12.9. The van der Waals surface area contributed by atoms with Crippen LogP contribution in [0.1, 0.15) is 29.9 Å². The van der Waals surface area contributed by atoms with Gasteiger partial charge < -0.3 is 15.5 Å². The Bertz CT molecular complexity index is 620. The Kier molecular flexibility index (Phi) is 5.28. The van der Waals surface area contributed by atoms with E-state index in [4.69, 9.17) is 0 Å². The van der Waals surface area contributed by atoms with Crippen LogP contribution >= 0.6 is 0 Å². The maximum Gasteiger partial charge on any atom is 0.232 e. The Morgan fingerprint density at radius 2 is 1.54 bits per heavy atom. The van der Waals surface area contributed by atoms with Gasteiger partial charge in [-0.3, -0.25) is 4.79 Å². The van der Waals surface area contributed by atoms with E-state index in [0.717, 1.165) is 11.1 Å². The van der Waals surface area contributed by atoms with E-state index in [1.54, 1.807) is 0 Å². The molecule has 24 heavy (non-hydrogen) atoms. The first-order valence-electron chi connectivity index (χ1n) is 8.38. The van der Waals surface area contributed by atoms with Gasteiger partial charge in [-0.2, -0.15) is 0 Å². The number of carbonyl (C=O) groups is 1. The minimum absolute atomic E-state index is 0.0473. The molecular formula is C20H23NO3. The highest BCUT2D eigenvalue weighted by atomic mass is 16.3.